The summed E-state index contributed by atoms with van der Waals surface area (Å²) in [5.74, 6) is 0.0150. The second-order valence-electron chi connectivity index (χ2n) is 4.73. The molecule has 0 fully saturated rings. The fourth-order valence-electron chi connectivity index (χ4n) is 1.97. The number of amides is 1. The van der Waals surface area contributed by atoms with E-state index in [-0.39, 0.29) is 5.91 Å². The molecule has 2 heterocycles. The average molecular weight is 277 g/mol. The Morgan fingerprint density at radius 1 is 1.26 bits per heavy atom. The summed E-state index contributed by atoms with van der Waals surface area (Å²) in [5, 5.41) is 3.56. The van der Waals surface area contributed by atoms with Crippen molar-refractivity contribution in [3.63, 3.8) is 0 Å². The average Bonchev–Trinajstić information content (AvgIpc) is 2.81. The summed E-state index contributed by atoms with van der Waals surface area (Å²) in [5.41, 5.74) is 3.36. The van der Waals surface area contributed by atoms with Gasteiger partial charge >= 0.3 is 0 Å². The van der Waals surface area contributed by atoms with Gasteiger partial charge in [0.25, 0.3) is 0 Å². The standard InChI is InChI=1S/C14H19N3OS/c1-9-5-6-10(2)17(9)8-7-13(18)16-14-15-11(3)12(4)19-14/h5-6H,7-8H2,1-4H3,(H,15,16,18). The first-order valence-electron chi connectivity index (χ1n) is 6.34. The van der Waals surface area contributed by atoms with E-state index in [4.69, 9.17) is 0 Å². The van der Waals surface area contributed by atoms with Crippen LogP contribution in [0.3, 0.4) is 0 Å². The number of anilines is 1. The molecule has 0 bridgehead atoms. The zero-order valence-corrected chi connectivity index (χ0v) is 12.6. The first kappa shape index (κ1) is 13.8. The lowest BCUT2D eigenvalue weighted by Crippen LogP contribution is -2.15. The maximum atomic E-state index is 11.9. The molecule has 0 atom stereocenters. The van der Waals surface area contributed by atoms with Gasteiger partial charge < -0.3 is 9.88 Å². The molecule has 0 aliphatic carbocycles. The van der Waals surface area contributed by atoms with Crippen molar-refractivity contribution in [1.29, 1.82) is 0 Å². The van der Waals surface area contributed by atoms with E-state index in [1.807, 2.05) is 13.8 Å². The van der Waals surface area contributed by atoms with Crippen LogP contribution in [-0.2, 0) is 11.3 Å². The van der Waals surface area contributed by atoms with Gasteiger partial charge in [0.15, 0.2) is 5.13 Å². The molecule has 102 valence electrons. The van der Waals surface area contributed by atoms with E-state index < -0.39 is 0 Å². The largest absolute Gasteiger partial charge is 0.349 e. The Morgan fingerprint density at radius 2 is 1.89 bits per heavy atom. The Bertz CT molecular complexity index is 559. The molecule has 0 spiro atoms. The third kappa shape index (κ3) is 3.23. The van der Waals surface area contributed by atoms with Gasteiger partial charge in [0.2, 0.25) is 5.91 Å². The molecule has 2 aromatic heterocycles. The third-order valence-electron chi connectivity index (χ3n) is 3.25. The van der Waals surface area contributed by atoms with Crippen LogP contribution in [0, 0.1) is 27.7 Å². The summed E-state index contributed by atoms with van der Waals surface area (Å²) < 4.78 is 2.15. The van der Waals surface area contributed by atoms with Crippen molar-refractivity contribution < 1.29 is 4.79 Å². The number of rotatable bonds is 4. The fraction of sp³-hybridized carbons (Fsp3) is 0.429. The Hall–Kier alpha value is -1.62. The summed E-state index contributed by atoms with van der Waals surface area (Å²) in [7, 11) is 0. The molecule has 5 heteroatoms. The minimum absolute atomic E-state index is 0.0150. The highest BCUT2D eigenvalue weighted by atomic mass is 32.1. The first-order chi connectivity index (χ1) is 8.97. The van der Waals surface area contributed by atoms with E-state index in [0.717, 1.165) is 10.6 Å². The SMILES string of the molecule is Cc1nc(NC(=O)CCn2c(C)ccc2C)sc1C. The van der Waals surface area contributed by atoms with Crippen molar-refractivity contribution in [2.24, 2.45) is 0 Å². The van der Waals surface area contributed by atoms with Crippen LogP contribution in [0.2, 0.25) is 0 Å². The predicted molar refractivity (Wildman–Crippen MR) is 78.7 cm³/mol. The Kier molecular flexibility index (Phi) is 4.04. The number of thiazole rings is 1. The van der Waals surface area contributed by atoms with Crippen LogP contribution >= 0.6 is 11.3 Å². The molecule has 2 rings (SSSR count). The molecule has 0 unspecified atom stereocenters. The first-order valence-corrected chi connectivity index (χ1v) is 7.15. The van der Waals surface area contributed by atoms with Gasteiger partial charge in [-0.05, 0) is 39.8 Å². The quantitative estimate of drug-likeness (QED) is 0.932. The number of nitrogens with zero attached hydrogens (tertiary/aromatic N) is 2. The van der Waals surface area contributed by atoms with Gasteiger partial charge in [-0.3, -0.25) is 4.79 Å². The van der Waals surface area contributed by atoms with Gasteiger partial charge in [-0.25, -0.2) is 4.98 Å². The molecule has 19 heavy (non-hydrogen) atoms. The van der Waals surface area contributed by atoms with Crippen LogP contribution in [-0.4, -0.2) is 15.5 Å². The number of carbonyl (C=O) groups excluding carboxylic acids is 1. The molecule has 1 amide bonds. The number of carbonyl (C=O) groups is 1. The maximum absolute atomic E-state index is 11.9. The van der Waals surface area contributed by atoms with Crippen LogP contribution in [0.15, 0.2) is 12.1 Å². The molecule has 0 radical (unpaired) electrons. The van der Waals surface area contributed by atoms with E-state index in [0.29, 0.717) is 18.1 Å². The lowest BCUT2D eigenvalue weighted by atomic mass is 10.3. The van der Waals surface area contributed by atoms with Gasteiger partial charge in [0.1, 0.15) is 0 Å². The molecule has 1 N–H and O–H groups in total. The third-order valence-corrected chi connectivity index (χ3v) is 4.24. The molecule has 0 aliphatic rings. The number of nitrogens with one attached hydrogen (secondary N) is 1. The normalized spacial score (nSPS) is 10.7. The van der Waals surface area contributed by atoms with Gasteiger partial charge in [-0.15, -0.1) is 11.3 Å². The Labute approximate surface area is 117 Å². The van der Waals surface area contributed by atoms with Gasteiger partial charge in [-0.2, -0.15) is 0 Å². The van der Waals surface area contributed by atoms with E-state index >= 15 is 0 Å². The zero-order valence-electron chi connectivity index (χ0n) is 11.8. The van der Waals surface area contributed by atoms with Gasteiger partial charge in [0, 0.05) is 29.2 Å². The summed E-state index contributed by atoms with van der Waals surface area (Å²) in [6.07, 6.45) is 0.466. The topological polar surface area (TPSA) is 46.9 Å². The van der Waals surface area contributed by atoms with E-state index in [2.05, 4.69) is 40.8 Å². The fourth-order valence-corrected chi connectivity index (χ4v) is 2.80. The molecule has 0 aliphatic heterocycles. The molecule has 4 nitrogen and oxygen atoms in total. The van der Waals surface area contributed by atoms with Crippen LogP contribution in [0.4, 0.5) is 5.13 Å². The molecule has 0 saturated heterocycles. The summed E-state index contributed by atoms with van der Waals surface area (Å²) >= 11 is 1.52. The molecule has 0 aromatic carbocycles. The molecule has 0 saturated carbocycles. The second-order valence-corrected chi connectivity index (χ2v) is 5.93. The van der Waals surface area contributed by atoms with Crippen LogP contribution in [0.1, 0.15) is 28.4 Å². The van der Waals surface area contributed by atoms with Crippen molar-refractivity contribution in [2.75, 3.05) is 5.32 Å². The van der Waals surface area contributed by atoms with Crippen molar-refractivity contribution in [3.05, 3.63) is 34.1 Å². The maximum Gasteiger partial charge on any atom is 0.227 e. The highest BCUT2D eigenvalue weighted by Gasteiger charge is 2.09. The van der Waals surface area contributed by atoms with E-state index in [1.54, 1.807) is 0 Å². The summed E-state index contributed by atoms with van der Waals surface area (Å²) in [4.78, 5) is 17.3. The number of aryl methyl sites for hydroxylation is 4. The van der Waals surface area contributed by atoms with Crippen molar-refractivity contribution in [1.82, 2.24) is 9.55 Å². The Balaban J connectivity index is 1.92. The Morgan fingerprint density at radius 3 is 2.42 bits per heavy atom. The summed E-state index contributed by atoms with van der Waals surface area (Å²) in [6, 6.07) is 4.14. The molecule has 2 aromatic rings. The molecular formula is C14H19N3OS. The number of hydrogen-bond acceptors (Lipinski definition) is 3. The van der Waals surface area contributed by atoms with Crippen LogP contribution in [0.25, 0.3) is 0 Å². The van der Waals surface area contributed by atoms with Crippen LogP contribution < -0.4 is 5.32 Å². The van der Waals surface area contributed by atoms with Gasteiger partial charge in [0.05, 0.1) is 5.69 Å². The highest BCUT2D eigenvalue weighted by molar-refractivity contribution is 7.15. The number of aromatic nitrogens is 2. The van der Waals surface area contributed by atoms with Crippen molar-refractivity contribution >= 4 is 22.4 Å². The van der Waals surface area contributed by atoms with Gasteiger partial charge in [-0.1, -0.05) is 0 Å². The monoisotopic (exact) mass is 277 g/mol. The zero-order chi connectivity index (χ0) is 14.0. The second kappa shape index (κ2) is 5.57. The lowest BCUT2D eigenvalue weighted by molar-refractivity contribution is -0.116. The highest BCUT2D eigenvalue weighted by Crippen LogP contribution is 2.21. The lowest BCUT2D eigenvalue weighted by Gasteiger charge is -2.08. The summed E-state index contributed by atoms with van der Waals surface area (Å²) in [6.45, 7) is 8.78. The minimum Gasteiger partial charge on any atom is -0.349 e. The van der Waals surface area contributed by atoms with Crippen molar-refractivity contribution in [2.45, 2.75) is 40.7 Å². The van der Waals surface area contributed by atoms with Crippen LogP contribution in [0.5, 0.6) is 0 Å². The van der Waals surface area contributed by atoms with E-state index in [9.17, 15) is 4.79 Å². The minimum atomic E-state index is 0.0150. The van der Waals surface area contributed by atoms with Crippen molar-refractivity contribution in [3.8, 4) is 0 Å². The molecular weight excluding hydrogens is 258 g/mol. The smallest absolute Gasteiger partial charge is 0.227 e. The predicted octanol–water partition coefficient (Wildman–Crippen LogP) is 3.21. The van der Waals surface area contributed by atoms with E-state index in [1.165, 1.54) is 22.7 Å². The number of hydrogen-bond donors (Lipinski definition) is 1.